The van der Waals surface area contributed by atoms with Crippen LogP contribution < -0.4 is 20.3 Å². The van der Waals surface area contributed by atoms with E-state index in [4.69, 9.17) is 4.74 Å². The van der Waals surface area contributed by atoms with Gasteiger partial charge in [0.1, 0.15) is 5.75 Å². The predicted octanol–water partition coefficient (Wildman–Crippen LogP) is 3.78. The van der Waals surface area contributed by atoms with E-state index >= 15 is 0 Å². The number of para-hydroxylation sites is 3. The maximum Gasteiger partial charge on any atom is 0.234 e. The van der Waals surface area contributed by atoms with E-state index < -0.39 is 0 Å². The number of aromatic amines is 1. The Labute approximate surface area is 241 Å². The van der Waals surface area contributed by atoms with E-state index in [1.807, 2.05) is 54.7 Å². The second-order valence-corrected chi connectivity index (χ2v) is 10.5. The van der Waals surface area contributed by atoms with E-state index in [0.717, 1.165) is 54.0 Å². The molecule has 0 bridgehead atoms. The Morgan fingerprint density at radius 2 is 1.61 bits per heavy atom. The van der Waals surface area contributed by atoms with Gasteiger partial charge in [-0.2, -0.15) is 0 Å². The topological polar surface area (TPSA) is 89.7 Å². The number of fused-ring (bicyclic) bond motifs is 1. The summed E-state index contributed by atoms with van der Waals surface area (Å²) in [7, 11) is 1.64. The number of methoxy groups -OCH3 is 1. The number of hydrogen-bond donors (Lipinski definition) is 3. The molecule has 0 aliphatic carbocycles. The molecule has 8 nitrogen and oxygen atoms in total. The average Bonchev–Trinajstić information content (AvgIpc) is 3.42. The normalized spacial score (nSPS) is 14.5. The van der Waals surface area contributed by atoms with E-state index in [-0.39, 0.29) is 17.9 Å². The maximum absolute atomic E-state index is 13.2. The number of aromatic nitrogens is 1. The van der Waals surface area contributed by atoms with Crippen molar-refractivity contribution in [1.82, 2.24) is 20.5 Å². The lowest BCUT2D eigenvalue weighted by molar-refractivity contribution is -0.124. The number of aryl methyl sites for hydroxylation is 1. The van der Waals surface area contributed by atoms with Gasteiger partial charge in [-0.05, 0) is 48.2 Å². The van der Waals surface area contributed by atoms with Gasteiger partial charge in [-0.1, -0.05) is 54.6 Å². The molecule has 1 fully saturated rings. The molecule has 0 saturated carbocycles. The van der Waals surface area contributed by atoms with Crippen molar-refractivity contribution in [3.63, 3.8) is 0 Å². The van der Waals surface area contributed by atoms with Gasteiger partial charge in [0.2, 0.25) is 11.8 Å². The number of nitrogens with zero attached hydrogens (tertiary/aromatic N) is 2. The summed E-state index contributed by atoms with van der Waals surface area (Å²) in [6.45, 7) is 4.13. The highest BCUT2D eigenvalue weighted by atomic mass is 16.5. The number of benzene rings is 3. The lowest BCUT2D eigenvalue weighted by Crippen LogP contribution is -2.52. The Balaban J connectivity index is 1.17. The van der Waals surface area contributed by atoms with E-state index in [1.165, 1.54) is 5.69 Å². The van der Waals surface area contributed by atoms with Crippen LogP contribution in [0.5, 0.6) is 5.75 Å². The molecule has 41 heavy (non-hydrogen) atoms. The molecule has 214 valence electrons. The Bertz CT molecular complexity index is 1430. The number of carbonyl (C=O) groups excluding carboxylic acids is 2. The van der Waals surface area contributed by atoms with Crippen molar-refractivity contribution in [2.24, 2.45) is 0 Å². The third-order valence-corrected chi connectivity index (χ3v) is 7.73. The standard InChI is InChI=1S/C33H39N5O3/c1-41-31-14-8-5-9-25(31)15-16-32(39)35-23-27(21-26-22-34-30-13-7-6-12-29(26)30)36-33(40)24-37-17-19-38(20-18-37)28-10-3-2-4-11-28/h2-14,22,27,34H,15-21,23-24H2,1H3,(H,35,39)(H,36,40). The van der Waals surface area contributed by atoms with Crippen LogP contribution in [0, 0.1) is 0 Å². The summed E-state index contributed by atoms with van der Waals surface area (Å²) in [5.41, 5.74) is 4.40. The molecule has 1 saturated heterocycles. The summed E-state index contributed by atoms with van der Waals surface area (Å²) in [6, 6.07) is 26.1. The minimum atomic E-state index is -0.234. The minimum absolute atomic E-state index is 0.0220. The molecule has 1 atom stereocenters. The zero-order valence-electron chi connectivity index (χ0n) is 23.6. The second-order valence-electron chi connectivity index (χ2n) is 10.5. The van der Waals surface area contributed by atoms with Crippen LogP contribution in [0.15, 0.2) is 85.1 Å². The number of ether oxygens (including phenoxy) is 1. The van der Waals surface area contributed by atoms with Crippen molar-refractivity contribution in [2.45, 2.75) is 25.3 Å². The SMILES string of the molecule is COc1ccccc1CCC(=O)NCC(Cc1c[nH]c2ccccc12)NC(=O)CN1CCN(c2ccccc2)CC1. The van der Waals surface area contributed by atoms with Gasteiger partial charge in [0.25, 0.3) is 0 Å². The van der Waals surface area contributed by atoms with Crippen molar-refractivity contribution in [2.75, 3.05) is 51.3 Å². The quantitative estimate of drug-likeness (QED) is 0.249. The van der Waals surface area contributed by atoms with Crippen LogP contribution in [0.2, 0.25) is 0 Å². The first-order valence-electron chi connectivity index (χ1n) is 14.3. The molecule has 4 aromatic rings. The number of anilines is 1. The van der Waals surface area contributed by atoms with Gasteiger partial charge >= 0.3 is 0 Å². The highest BCUT2D eigenvalue weighted by Crippen LogP contribution is 2.20. The van der Waals surface area contributed by atoms with Crippen LogP contribution in [0.1, 0.15) is 17.5 Å². The van der Waals surface area contributed by atoms with Crippen LogP contribution in [0.4, 0.5) is 5.69 Å². The predicted molar refractivity (Wildman–Crippen MR) is 163 cm³/mol. The van der Waals surface area contributed by atoms with Crippen LogP contribution in [0.3, 0.4) is 0 Å². The summed E-state index contributed by atoms with van der Waals surface area (Å²) in [4.78, 5) is 33.9. The molecule has 2 heterocycles. The summed E-state index contributed by atoms with van der Waals surface area (Å²) < 4.78 is 5.42. The Hall–Kier alpha value is -4.30. The van der Waals surface area contributed by atoms with E-state index in [1.54, 1.807) is 7.11 Å². The van der Waals surface area contributed by atoms with Crippen molar-refractivity contribution >= 4 is 28.4 Å². The fourth-order valence-electron chi connectivity index (χ4n) is 5.50. The number of amides is 2. The zero-order chi connectivity index (χ0) is 28.4. The summed E-state index contributed by atoms with van der Waals surface area (Å²) in [6.07, 6.45) is 3.55. The first kappa shape index (κ1) is 28.2. The van der Waals surface area contributed by atoms with Crippen molar-refractivity contribution in [1.29, 1.82) is 0 Å². The van der Waals surface area contributed by atoms with Crippen molar-refractivity contribution in [3.8, 4) is 5.75 Å². The fraction of sp³-hybridized carbons (Fsp3) is 0.333. The van der Waals surface area contributed by atoms with Crippen LogP contribution >= 0.6 is 0 Å². The molecule has 3 N–H and O–H groups in total. The third-order valence-electron chi connectivity index (χ3n) is 7.73. The fourth-order valence-corrected chi connectivity index (χ4v) is 5.50. The highest BCUT2D eigenvalue weighted by Gasteiger charge is 2.22. The number of nitrogens with one attached hydrogen (secondary N) is 3. The van der Waals surface area contributed by atoms with E-state index in [2.05, 4.69) is 55.7 Å². The maximum atomic E-state index is 13.2. The molecule has 2 amide bonds. The molecule has 8 heteroatoms. The van der Waals surface area contributed by atoms with Gasteiger partial charge < -0.3 is 25.3 Å². The lowest BCUT2D eigenvalue weighted by atomic mass is 10.0. The Morgan fingerprint density at radius 3 is 2.41 bits per heavy atom. The van der Waals surface area contributed by atoms with Crippen LogP contribution in [0.25, 0.3) is 10.9 Å². The first-order valence-corrected chi connectivity index (χ1v) is 14.3. The summed E-state index contributed by atoms with van der Waals surface area (Å²) >= 11 is 0. The molecule has 5 rings (SSSR count). The van der Waals surface area contributed by atoms with Crippen molar-refractivity contribution in [3.05, 3.63) is 96.2 Å². The van der Waals surface area contributed by atoms with Gasteiger partial charge in [0.05, 0.1) is 19.7 Å². The van der Waals surface area contributed by atoms with Gasteiger partial charge in [-0.25, -0.2) is 0 Å². The first-order chi connectivity index (χ1) is 20.1. The molecule has 3 aromatic carbocycles. The second kappa shape index (κ2) is 13.9. The highest BCUT2D eigenvalue weighted by molar-refractivity contribution is 5.83. The summed E-state index contributed by atoms with van der Waals surface area (Å²) in [5.74, 6) is 0.715. The molecular weight excluding hydrogens is 514 g/mol. The largest absolute Gasteiger partial charge is 0.496 e. The van der Waals surface area contributed by atoms with Crippen molar-refractivity contribution < 1.29 is 14.3 Å². The summed E-state index contributed by atoms with van der Waals surface area (Å²) in [5, 5.41) is 7.40. The number of H-pyrrole nitrogens is 1. The monoisotopic (exact) mass is 553 g/mol. The molecule has 0 radical (unpaired) electrons. The number of hydrogen-bond acceptors (Lipinski definition) is 5. The zero-order valence-corrected chi connectivity index (χ0v) is 23.6. The van der Waals surface area contributed by atoms with E-state index in [9.17, 15) is 9.59 Å². The Morgan fingerprint density at radius 1 is 0.878 bits per heavy atom. The van der Waals surface area contributed by atoms with Gasteiger partial charge in [0, 0.05) is 61.9 Å². The van der Waals surface area contributed by atoms with E-state index in [0.29, 0.717) is 32.4 Å². The molecular formula is C33H39N5O3. The molecule has 0 spiro atoms. The minimum Gasteiger partial charge on any atom is -0.496 e. The van der Waals surface area contributed by atoms with Crippen LogP contribution in [-0.4, -0.2) is 74.1 Å². The van der Waals surface area contributed by atoms with Gasteiger partial charge in [-0.3, -0.25) is 14.5 Å². The molecule has 1 unspecified atom stereocenters. The van der Waals surface area contributed by atoms with Crippen LogP contribution in [-0.2, 0) is 22.4 Å². The number of rotatable bonds is 12. The third kappa shape index (κ3) is 7.67. The number of carbonyl (C=O) groups is 2. The van der Waals surface area contributed by atoms with Gasteiger partial charge in [-0.15, -0.1) is 0 Å². The number of piperazine rings is 1. The molecule has 1 aliphatic heterocycles. The Kier molecular flexibility index (Phi) is 9.54. The average molecular weight is 554 g/mol. The molecule has 1 aromatic heterocycles. The lowest BCUT2D eigenvalue weighted by Gasteiger charge is -2.36. The smallest absolute Gasteiger partial charge is 0.234 e. The van der Waals surface area contributed by atoms with Gasteiger partial charge in [0.15, 0.2) is 0 Å². The molecule has 1 aliphatic rings.